The van der Waals surface area contributed by atoms with Crippen molar-refractivity contribution < 1.29 is 23.1 Å². The highest BCUT2D eigenvalue weighted by molar-refractivity contribution is 7.89. The van der Waals surface area contributed by atoms with Crippen molar-refractivity contribution in [3.05, 3.63) is 58.6 Å². The van der Waals surface area contributed by atoms with Crippen LogP contribution in [-0.4, -0.2) is 32.3 Å². The molecule has 0 aromatic heterocycles. The number of hydrogen-bond donors (Lipinski definition) is 2. The van der Waals surface area contributed by atoms with Gasteiger partial charge >= 0.3 is 5.97 Å². The summed E-state index contributed by atoms with van der Waals surface area (Å²) in [6, 6.07) is 10.9. The van der Waals surface area contributed by atoms with Gasteiger partial charge in [-0.1, -0.05) is 29.3 Å². The van der Waals surface area contributed by atoms with Gasteiger partial charge in [-0.05, 0) is 42.8 Å². The first-order chi connectivity index (χ1) is 11.8. The maximum atomic E-state index is 12.1. The Hall–Kier alpha value is -2.58. The molecule has 0 spiro atoms. The van der Waals surface area contributed by atoms with Gasteiger partial charge in [-0.15, -0.1) is 0 Å². The molecule has 0 saturated carbocycles. The van der Waals surface area contributed by atoms with E-state index >= 15 is 0 Å². The van der Waals surface area contributed by atoms with Crippen molar-refractivity contribution in [1.29, 1.82) is 0 Å². The van der Waals surface area contributed by atoms with E-state index in [-0.39, 0.29) is 15.7 Å². The number of hydrogen-bond acceptors (Lipinski definition) is 5. The third kappa shape index (κ3) is 5.47. The molecule has 0 radical (unpaired) electrons. The molecule has 7 nitrogen and oxygen atoms in total. The van der Waals surface area contributed by atoms with E-state index in [2.05, 4.69) is 9.93 Å². The number of aryl methyl sites for hydroxylation is 1. The molecular formula is C16H15ClN2O5S. The van der Waals surface area contributed by atoms with Gasteiger partial charge in [-0.2, -0.15) is 13.5 Å². The summed E-state index contributed by atoms with van der Waals surface area (Å²) in [7, 11) is -3.75. The lowest BCUT2D eigenvalue weighted by atomic mass is 10.2. The Bertz CT molecular complexity index is 895. The van der Waals surface area contributed by atoms with Gasteiger partial charge in [0, 0.05) is 0 Å². The molecule has 25 heavy (non-hydrogen) atoms. The number of sulfonamides is 1. The summed E-state index contributed by atoms with van der Waals surface area (Å²) in [6.07, 6.45) is 1.28. The molecule has 132 valence electrons. The van der Waals surface area contributed by atoms with Crippen LogP contribution in [0.2, 0.25) is 5.02 Å². The van der Waals surface area contributed by atoms with Crippen LogP contribution in [0.4, 0.5) is 0 Å². The van der Waals surface area contributed by atoms with Crippen LogP contribution in [0.5, 0.6) is 5.75 Å². The molecule has 0 aliphatic rings. The van der Waals surface area contributed by atoms with Crippen molar-refractivity contribution in [3.63, 3.8) is 0 Å². The van der Waals surface area contributed by atoms with Gasteiger partial charge < -0.3 is 9.84 Å². The zero-order chi connectivity index (χ0) is 18.4. The maximum Gasteiger partial charge on any atom is 0.341 e. The van der Waals surface area contributed by atoms with Crippen LogP contribution >= 0.6 is 11.6 Å². The molecule has 2 N–H and O–H groups in total. The van der Waals surface area contributed by atoms with Gasteiger partial charge in [0.2, 0.25) is 0 Å². The Kier molecular flexibility index (Phi) is 6.00. The van der Waals surface area contributed by atoms with Crippen molar-refractivity contribution in [2.24, 2.45) is 5.10 Å². The van der Waals surface area contributed by atoms with Gasteiger partial charge in [-0.3, -0.25) is 0 Å². The van der Waals surface area contributed by atoms with Crippen LogP contribution in [0.25, 0.3) is 0 Å². The molecule has 0 unspecified atom stereocenters. The van der Waals surface area contributed by atoms with Crippen LogP contribution in [0.1, 0.15) is 11.1 Å². The minimum atomic E-state index is -3.75. The Labute approximate surface area is 149 Å². The highest BCUT2D eigenvalue weighted by atomic mass is 35.5. The molecule has 2 rings (SSSR count). The van der Waals surface area contributed by atoms with Gasteiger partial charge in [0.25, 0.3) is 10.0 Å². The molecule has 0 atom stereocenters. The first-order valence-corrected chi connectivity index (χ1v) is 8.90. The summed E-state index contributed by atoms with van der Waals surface area (Å²) in [6.45, 7) is 1.35. The van der Waals surface area contributed by atoms with Crippen molar-refractivity contribution in [2.45, 2.75) is 11.8 Å². The first-order valence-electron chi connectivity index (χ1n) is 7.03. The molecule has 0 fully saturated rings. The zero-order valence-corrected chi connectivity index (χ0v) is 14.7. The largest absolute Gasteiger partial charge is 0.480 e. The van der Waals surface area contributed by atoms with E-state index in [9.17, 15) is 13.2 Å². The number of nitrogens with one attached hydrogen (secondary N) is 1. The number of benzene rings is 2. The molecule has 2 aromatic rings. The Morgan fingerprint density at radius 1 is 1.28 bits per heavy atom. The van der Waals surface area contributed by atoms with Gasteiger partial charge in [0.15, 0.2) is 6.61 Å². The lowest BCUT2D eigenvalue weighted by molar-refractivity contribution is -0.139. The highest BCUT2D eigenvalue weighted by Gasteiger charge is 2.11. The number of ether oxygens (including phenoxy) is 1. The fourth-order valence-electron chi connectivity index (χ4n) is 1.79. The van der Waals surface area contributed by atoms with Gasteiger partial charge in [0.1, 0.15) is 5.75 Å². The van der Waals surface area contributed by atoms with Crippen LogP contribution in [0, 0.1) is 6.92 Å². The van der Waals surface area contributed by atoms with Crippen molar-refractivity contribution in [2.75, 3.05) is 6.61 Å². The van der Waals surface area contributed by atoms with Crippen LogP contribution in [-0.2, 0) is 14.8 Å². The Morgan fingerprint density at radius 2 is 1.96 bits per heavy atom. The average Bonchev–Trinajstić information content (AvgIpc) is 2.54. The van der Waals surface area contributed by atoms with Crippen LogP contribution < -0.4 is 9.57 Å². The lowest BCUT2D eigenvalue weighted by Crippen LogP contribution is -2.18. The standard InChI is InChI=1S/C16H15ClN2O5S/c1-11-2-5-13(6-3-11)25(22,23)19-18-9-12-4-7-15(14(17)8-12)24-10-16(20)21/h2-9,19H,10H2,1H3,(H,20,21)/b18-9-. The molecule has 9 heteroatoms. The number of rotatable bonds is 7. The predicted octanol–water partition coefficient (Wildman–Crippen LogP) is 2.42. The van der Waals surface area contributed by atoms with E-state index in [1.165, 1.54) is 30.5 Å². The van der Waals surface area contributed by atoms with Gasteiger partial charge in [-0.25, -0.2) is 9.63 Å². The number of carboxylic acid groups (broad SMARTS) is 1. The number of nitrogens with zero attached hydrogens (tertiary/aromatic N) is 1. The number of aliphatic carboxylic acids is 1. The van der Waals surface area contributed by atoms with E-state index < -0.39 is 22.6 Å². The minimum Gasteiger partial charge on any atom is -0.480 e. The number of carboxylic acids is 1. The zero-order valence-electron chi connectivity index (χ0n) is 13.1. The number of hydrazone groups is 1. The highest BCUT2D eigenvalue weighted by Crippen LogP contribution is 2.24. The SMILES string of the molecule is Cc1ccc(S(=O)(=O)N/N=C\c2ccc(OCC(=O)O)c(Cl)c2)cc1. The second kappa shape index (κ2) is 8.00. The summed E-state index contributed by atoms with van der Waals surface area (Å²) >= 11 is 5.97. The predicted molar refractivity (Wildman–Crippen MR) is 93.7 cm³/mol. The molecule has 0 amide bonds. The first kappa shape index (κ1) is 18.8. The molecule has 0 heterocycles. The van der Waals surface area contributed by atoms with Crippen LogP contribution in [0.3, 0.4) is 0 Å². The summed E-state index contributed by atoms with van der Waals surface area (Å²) < 4.78 is 29.1. The monoisotopic (exact) mass is 382 g/mol. The fraction of sp³-hybridized carbons (Fsp3) is 0.125. The number of carbonyl (C=O) groups is 1. The summed E-state index contributed by atoms with van der Waals surface area (Å²) in [5.74, 6) is -0.909. The quantitative estimate of drug-likeness (QED) is 0.565. The second-order valence-corrected chi connectivity index (χ2v) is 7.11. The van der Waals surface area contributed by atoms with E-state index in [1.807, 2.05) is 6.92 Å². The average molecular weight is 383 g/mol. The molecule has 0 aliphatic heterocycles. The Balaban J connectivity index is 2.05. The third-order valence-electron chi connectivity index (χ3n) is 3.02. The summed E-state index contributed by atoms with van der Waals surface area (Å²) in [5.41, 5.74) is 1.46. The number of halogens is 1. The molecular weight excluding hydrogens is 368 g/mol. The van der Waals surface area contributed by atoms with Crippen molar-refractivity contribution in [1.82, 2.24) is 4.83 Å². The van der Waals surface area contributed by atoms with E-state index in [0.29, 0.717) is 5.56 Å². The second-order valence-electron chi connectivity index (χ2n) is 5.04. The lowest BCUT2D eigenvalue weighted by Gasteiger charge is -2.06. The smallest absolute Gasteiger partial charge is 0.341 e. The van der Waals surface area contributed by atoms with Crippen molar-refractivity contribution >= 4 is 33.8 Å². The molecule has 2 aromatic carbocycles. The van der Waals surface area contributed by atoms with E-state index in [0.717, 1.165) is 5.56 Å². The van der Waals surface area contributed by atoms with Crippen LogP contribution in [0.15, 0.2) is 52.5 Å². The molecule has 0 saturated heterocycles. The van der Waals surface area contributed by atoms with Gasteiger partial charge in [0.05, 0.1) is 16.1 Å². The Morgan fingerprint density at radius 3 is 2.56 bits per heavy atom. The summed E-state index contributed by atoms with van der Waals surface area (Å²) in [4.78, 5) is 12.7. The maximum absolute atomic E-state index is 12.1. The fourth-order valence-corrected chi connectivity index (χ4v) is 2.83. The summed E-state index contributed by atoms with van der Waals surface area (Å²) in [5, 5.41) is 12.5. The molecule has 0 bridgehead atoms. The topological polar surface area (TPSA) is 105 Å². The van der Waals surface area contributed by atoms with E-state index in [4.69, 9.17) is 21.4 Å². The van der Waals surface area contributed by atoms with E-state index in [1.54, 1.807) is 18.2 Å². The van der Waals surface area contributed by atoms with Crippen molar-refractivity contribution in [3.8, 4) is 5.75 Å². The minimum absolute atomic E-state index is 0.103. The third-order valence-corrected chi connectivity index (χ3v) is 4.56. The molecule has 0 aliphatic carbocycles. The normalized spacial score (nSPS) is 11.4.